The molecule has 0 saturated carbocycles. The highest BCUT2D eigenvalue weighted by Crippen LogP contribution is 2.04. The quantitative estimate of drug-likeness (QED) is 0.466. The summed E-state index contributed by atoms with van der Waals surface area (Å²) in [5.41, 5.74) is 0.791. The summed E-state index contributed by atoms with van der Waals surface area (Å²) in [6, 6.07) is 5.95. The summed E-state index contributed by atoms with van der Waals surface area (Å²) >= 11 is 0. The van der Waals surface area contributed by atoms with Crippen molar-refractivity contribution in [2.75, 3.05) is 6.54 Å². The Balaban J connectivity index is 2.27. The lowest BCUT2D eigenvalue weighted by molar-refractivity contribution is -0.116. The Morgan fingerprint density at radius 1 is 1.33 bits per heavy atom. The number of amides is 1. The summed E-state index contributed by atoms with van der Waals surface area (Å²) in [6.07, 6.45) is 10.7. The van der Waals surface area contributed by atoms with Crippen molar-refractivity contribution >= 4 is 12.0 Å². The number of hydrogen-bond donors (Lipinski definition) is 1. The van der Waals surface area contributed by atoms with Crippen molar-refractivity contribution in [2.24, 2.45) is 0 Å². The molecular weight excluding hydrogens is 229 g/mol. The molecule has 0 aliphatic rings. The second-order valence-electron chi connectivity index (χ2n) is 3.84. The highest BCUT2D eigenvalue weighted by Gasteiger charge is 1.95. The monoisotopic (exact) mass is 245 g/mol. The fraction of sp³-hybridized carbons (Fsp3) is 0.267. The Morgan fingerprint density at radius 3 is 2.72 bits per heavy atom. The maximum Gasteiger partial charge on any atom is 0.243 e. The van der Waals surface area contributed by atoms with E-state index in [0.717, 1.165) is 24.8 Å². The molecule has 18 heavy (non-hydrogen) atoms. The molecular formula is C15H16FNO. The predicted molar refractivity (Wildman–Crippen MR) is 71.1 cm³/mol. The topological polar surface area (TPSA) is 29.1 Å². The molecule has 94 valence electrons. The normalized spacial score (nSPS) is 10.2. The summed E-state index contributed by atoms with van der Waals surface area (Å²) in [4.78, 5) is 11.4. The molecule has 0 radical (unpaired) electrons. The van der Waals surface area contributed by atoms with Crippen molar-refractivity contribution in [3.8, 4) is 12.3 Å². The summed E-state index contributed by atoms with van der Waals surface area (Å²) in [5.74, 6) is 2.11. The van der Waals surface area contributed by atoms with Crippen LogP contribution in [0.1, 0.15) is 24.8 Å². The number of nitrogens with one attached hydrogen (secondary N) is 1. The Labute approximate surface area is 107 Å². The molecule has 1 aromatic rings. The Hall–Kier alpha value is -2.08. The number of hydrogen-bond acceptors (Lipinski definition) is 1. The van der Waals surface area contributed by atoms with E-state index in [4.69, 9.17) is 6.42 Å². The van der Waals surface area contributed by atoms with E-state index >= 15 is 0 Å². The first-order chi connectivity index (χ1) is 8.72. The molecule has 1 N–H and O–H groups in total. The zero-order valence-electron chi connectivity index (χ0n) is 10.2. The molecule has 1 amide bonds. The average molecular weight is 245 g/mol. The van der Waals surface area contributed by atoms with Crippen LogP contribution >= 0.6 is 0 Å². The van der Waals surface area contributed by atoms with Crippen LogP contribution in [-0.4, -0.2) is 12.5 Å². The number of carbonyl (C=O) groups excluding carboxylic acids is 1. The molecule has 0 aromatic heterocycles. The van der Waals surface area contributed by atoms with Crippen LogP contribution in [0, 0.1) is 18.2 Å². The van der Waals surface area contributed by atoms with E-state index in [-0.39, 0.29) is 11.7 Å². The molecule has 0 spiro atoms. The van der Waals surface area contributed by atoms with Gasteiger partial charge in [0.1, 0.15) is 5.82 Å². The zero-order chi connectivity index (χ0) is 13.2. The lowest BCUT2D eigenvalue weighted by atomic mass is 10.2. The van der Waals surface area contributed by atoms with Crippen molar-refractivity contribution in [2.45, 2.75) is 19.3 Å². The number of carbonyl (C=O) groups is 1. The summed E-state index contributed by atoms with van der Waals surface area (Å²) < 4.78 is 12.6. The van der Waals surface area contributed by atoms with Gasteiger partial charge in [0.05, 0.1) is 0 Å². The minimum absolute atomic E-state index is 0.153. The van der Waals surface area contributed by atoms with Crippen LogP contribution in [0.3, 0.4) is 0 Å². The van der Waals surface area contributed by atoms with Crippen molar-refractivity contribution in [3.63, 3.8) is 0 Å². The van der Waals surface area contributed by atoms with Gasteiger partial charge >= 0.3 is 0 Å². The van der Waals surface area contributed by atoms with E-state index in [2.05, 4.69) is 11.2 Å². The molecule has 0 saturated heterocycles. The van der Waals surface area contributed by atoms with E-state index in [1.807, 2.05) is 0 Å². The number of terminal acetylenes is 1. The smallest absolute Gasteiger partial charge is 0.243 e. The standard InChI is InChI=1S/C15H16FNO/c1-2-3-4-5-12-17-15(18)11-8-13-6-9-14(16)10-7-13/h1,6-11H,3-5,12H2,(H,17,18)/b11-8+. The molecule has 0 aliphatic heterocycles. The van der Waals surface area contributed by atoms with Crippen LogP contribution in [-0.2, 0) is 4.79 Å². The van der Waals surface area contributed by atoms with Crippen LogP contribution in [0.25, 0.3) is 6.08 Å². The first-order valence-corrected chi connectivity index (χ1v) is 5.87. The molecule has 0 fully saturated rings. The Kier molecular flexibility index (Phi) is 6.27. The SMILES string of the molecule is C#CCCCCNC(=O)/C=C/c1ccc(F)cc1. The van der Waals surface area contributed by atoms with Crippen LogP contribution in [0.4, 0.5) is 4.39 Å². The number of benzene rings is 1. The van der Waals surface area contributed by atoms with Gasteiger partial charge in [-0.2, -0.15) is 0 Å². The van der Waals surface area contributed by atoms with E-state index in [0.29, 0.717) is 6.54 Å². The van der Waals surface area contributed by atoms with Crippen molar-refractivity contribution in [1.82, 2.24) is 5.32 Å². The lowest BCUT2D eigenvalue weighted by Gasteiger charge is -2.00. The molecule has 0 atom stereocenters. The van der Waals surface area contributed by atoms with Gasteiger partial charge in [-0.1, -0.05) is 12.1 Å². The van der Waals surface area contributed by atoms with Gasteiger partial charge in [-0.05, 0) is 36.6 Å². The van der Waals surface area contributed by atoms with Gasteiger partial charge < -0.3 is 5.32 Å². The van der Waals surface area contributed by atoms with E-state index in [1.54, 1.807) is 18.2 Å². The van der Waals surface area contributed by atoms with Gasteiger partial charge in [-0.3, -0.25) is 4.79 Å². The molecule has 0 heterocycles. The second-order valence-corrected chi connectivity index (χ2v) is 3.84. The lowest BCUT2D eigenvalue weighted by Crippen LogP contribution is -2.21. The first kappa shape index (κ1) is 14.0. The number of rotatable bonds is 6. The fourth-order valence-electron chi connectivity index (χ4n) is 1.37. The van der Waals surface area contributed by atoms with Gasteiger partial charge in [-0.25, -0.2) is 4.39 Å². The maximum absolute atomic E-state index is 12.6. The molecule has 0 unspecified atom stereocenters. The van der Waals surface area contributed by atoms with Gasteiger partial charge in [-0.15, -0.1) is 12.3 Å². The minimum atomic E-state index is -0.287. The largest absolute Gasteiger partial charge is 0.353 e. The molecule has 0 bridgehead atoms. The Bertz CT molecular complexity index is 443. The third-order valence-electron chi connectivity index (χ3n) is 2.34. The number of unbranched alkanes of at least 4 members (excludes halogenated alkanes) is 2. The third-order valence-corrected chi connectivity index (χ3v) is 2.34. The van der Waals surface area contributed by atoms with Crippen LogP contribution < -0.4 is 5.32 Å². The average Bonchev–Trinajstić information content (AvgIpc) is 2.38. The summed E-state index contributed by atoms with van der Waals surface area (Å²) in [6.45, 7) is 0.619. The van der Waals surface area contributed by atoms with E-state index in [1.165, 1.54) is 18.2 Å². The summed E-state index contributed by atoms with van der Waals surface area (Å²) in [7, 11) is 0. The molecule has 1 aromatic carbocycles. The van der Waals surface area contributed by atoms with Crippen LogP contribution in [0.5, 0.6) is 0 Å². The van der Waals surface area contributed by atoms with Gasteiger partial charge in [0.15, 0.2) is 0 Å². The van der Waals surface area contributed by atoms with Crippen molar-refractivity contribution < 1.29 is 9.18 Å². The highest BCUT2D eigenvalue weighted by atomic mass is 19.1. The maximum atomic E-state index is 12.6. The second kappa shape index (κ2) is 8.08. The van der Waals surface area contributed by atoms with Crippen LogP contribution in [0.2, 0.25) is 0 Å². The molecule has 1 rings (SSSR count). The van der Waals surface area contributed by atoms with Gasteiger partial charge in [0, 0.05) is 19.0 Å². The van der Waals surface area contributed by atoms with E-state index in [9.17, 15) is 9.18 Å². The van der Waals surface area contributed by atoms with Crippen molar-refractivity contribution in [1.29, 1.82) is 0 Å². The summed E-state index contributed by atoms with van der Waals surface area (Å²) in [5, 5.41) is 2.75. The first-order valence-electron chi connectivity index (χ1n) is 5.87. The minimum Gasteiger partial charge on any atom is -0.353 e. The van der Waals surface area contributed by atoms with Crippen LogP contribution in [0.15, 0.2) is 30.3 Å². The molecule has 3 heteroatoms. The third kappa shape index (κ3) is 5.86. The Morgan fingerprint density at radius 2 is 2.06 bits per heavy atom. The fourth-order valence-corrected chi connectivity index (χ4v) is 1.37. The van der Waals surface area contributed by atoms with Gasteiger partial charge in [0.25, 0.3) is 0 Å². The highest BCUT2D eigenvalue weighted by molar-refractivity contribution is 5.91. The number of halogens is 1. The van der Waals surface area contributed by atoms with E-state index < -0.39 is 0 Å². The predicted octanol–water partition coefficient (Wildman–Crippen LogP) is 2.76. The van der Waals surface area contributed by atoms with Crippen molar-refractivity contribution in [3.05, 3.63) is 41.7 Å². The molecule has 2 nitrogen and oxygen atoms in total. The van der Waals surface area contributed by atoms with Gasteiger partial charge in [0.2, 0.25) is 5.91 Å². The zero-order valence-corrected chi connectivity index (χ0v) is 10.2. The molecule has 0 aliphatic carbocycles.